The first-order chi connectivity index (χ1) is 18.7. The summed E-state index contributed by atoms with van der Waals surface area (Å²) in [6.45, 7) is 5.67. The molecular formula is C29H24BrClN2O5S. The molecule has 1 atom stereocenters. The summed E-state index contributed by atoms with van der Waals surface area (Å²) >= 11 is 10.9. The van der Waals surface area contributed by atoms with E-state index in [-0.39, 0.29) is 12.2 Å². The van der Waals surface area contributed by atoms with Crippen LogP contribution in [0.15, 0.2) is 78.5 Å². The van der Waals surface area contributed by atoms with Crippen LogP contribution in [0.4, 0.5) is 0 Å². The highest BCUT2D eigenvalue weighted by atomic mass is 79.9. The Morgan fingerprint density at radius 3 is 2.72 bits per heavy atom. The maximum atomic E-state index is 13.8. The van der Waals surface area contributed by atoms with Crippen molar-refractivity contribution in [3.05, 3.63) is 106 Å². The highest BCUT2D eigenvalue weighted by Crippen LogP contribution is 2.35. The molecule has 0 amide bonds. The molecule has 39 heavy (non-hydrogen) atoms. The Morgan fingerprint density at radius 1 is 1.21 bits per heavy atom. The Balaban J connectivity index is 1.65. The molecule has 0 unspecified atom stereocenters. The largest absolute Gasteiger partial charge is 0.496 e. The van der Waals surface area contributed by atoms with Crippen molar-refractivity contribution in [1.82, 2.24) is 4.57 Å². The van der Waals surface area contributed by atoms with Crippen molar-refractivity contribution in [3.8, 4) is 17.1 Å². The maximum Gasteiger partial charge on any atom is 0.338 e. The molecule has 0 bridgehead atoms. The van der Waals surface area contributed by atoms with E-state index in [1.54, 1.807) is 39.2 Å². The van der Waals surface area contributed by atoms with E-state index in [1.165, 1.54) is 15.9 Å². The van der Waals surface area contributed by atoms with Crippen LogP contribution in [-0.2, 0) is 9.53 Å². The number of carbonyl (C=O) groups excluding carboxylic acids is 1. The molecule has 0 fully saturated rings. The Hall–Kier alpha value is -3.40. The van der Waals surface area contributed by atoms with Crippen molar-refractivity contribution in [3.63, 3.8) is 0 Å². The zero-order valence-electron chi connectivity index (χ0n) is 21.6. The Morgan fingerprint density at radius 2 is 2.00 bits per heavy atom. The molecule has 1 aliphatic heterocycles. The summed E-state index contributed by atoms with van der Waals surface area (Å²) < 4.78 is 19.5. The van der Waals surface area contributed by atoms with Gasteiger partial charge < -0.3 is 13.9 Å². The number of furan rings is 1. The number of allylic oxidation sites excluding steroid dienone is 1. The SMILES string of the molecule is CCOC(=O)C1=C(C)N=c2s/c(=C/c3ccc(-c4cc(Cl)ccc4C)o3)c(=O)n2[C@H]1c1ccc(OC)c(Br)c1. The smallest absolute Gasteiger partial charge is 0.338 e. The second kappa shape index (κ2) is 11.0. The predicted molar refractivity (Wildman–Crippen MR) is 155 cm³/mol. The van der Waals surface area contributed by atoms with Crippen LogP contribution < -0.4 is 19.6 Å². The predicted octanol–water partition coefficient (Wildman–Crippen LogP) is 5.79. The number of benzene rings is 2. The number of aromatic nitrogens is 1. The third-order valence-electron chi connectivity index (χ3n) is 6.37. The van der Waals surface area contributed by atoms with Gasteiger partial charge in [-0.1, -0.05) is 35.1 Å². The Labute approximate surface area is 241 Å². The van der Waals surface area contributed by atoms with Gasteiger partial charge in [-0.15, -0.1) is 0 Å². The normalized spacial score (nSPS) is 15.2. The van der Waals surface area contributed by atoms with Gasteiger partial charge in [-0.05, 0) is 84.2 Å². The van der Waals surface area contributed by atoms with Crippen LogP contribution in [0.5, 0.6) is 5.75 Å². The Bertz CT molecular complexity index is 1820. The third-order valence-corrected chi connectivity index (χ3v) is 8.21. The van der Waals surface area contributed by atoms with Crippen molar-refractivity contribution >= 4 is 50.9 Å². The molecule has 4 aromatic rings. The maximum absolute atomic E-state index is 13.8. The van der Waals surface area contributed by atoms with Gasteiger partial charge in [0.1, 0.15) is 17.3 Å². The number of halogens is 2. The summed E-state index contributed by atoms with van der Waals surface area (Å²) in [6, 6.07) is 14.0. The topological polar surface area (TPSA) is 83.0 Å². The summed E-state index contributed by atoms with van der Waals surface area (Å²) in [4.78, 5) is 32.0. The van der Waals surface area contributed by atoms with Crippen LogP contribution >= 0.6 is 38.9 Å². The van der Waals surface area contributed by atoms with E-state index in [0.717, 1.165) is 11.1 Å². The molecule has 10 heteroatoms. The number of hydrogen-bond acceptors (Lipinski definition) is 7. The van der Waals surface area contributed by atoms with Gasteiger partial charge in [0.15, 0.2) is 4.80 Å². The van der Waals surface area contributed by atoms with Gasteiger partial charge in [0.05, 0.1) is 40.0 Å². The molecule has 1 aliphatic rings. The van der Waals surface area contributed by atoms with Gasteiger partial charge in [0.2, 0.25) is 0 Å². The summed E-state index contributed by atoms with van der Waals surface area (Å²) in [5.74, 6) is 1.28. The van der Waals surface area contributed by atoms with E-state index in [9.17, 15) is 9.59 Å². The number of thiazole rings is 1. The van der Waals surface area contributed by atoms with E-state index in [1.807, 2.05) is 43.3 Å². The minimum absolute atomic E-state index is 0.200. The number of nitrogens with zero attached hydrogens (tertiary/aromatic N) is 2. The number of hydrogen-bond donors (Lipinski definition) is 0. The highest BCUT2D eigenvalue weighted by Gasteiger charge is 2.33. The first-order valence-electron chi connectivity index (χ1n) is 12.1. The highest BCUT2D eigenvalue weighted by molar-refractivity contribution is 9.10. The van der Waals surface area contributed by atoms with Crippen molar-refractivity contribution in [1.29, 1.82) is 0 Å². The van der Waals surface area contributed by atoms with E-state index in [0.29, 0.717) is 52.9 Å². The third kappa shape index (κ3) is 5.14. The second-order valence-electron chi connectivity index (χ2n) is 8.86. The minimum atomic E-state index is -0.731. The van der Waals surface area contributed by atoms with Crippen molar-refractivity contribution in [2.45, 2.75) is 26.8 Å². The number of ether oxygens (including phenoxy) is 2. The Kier molecular flexibility index (Phi) is 7.66. The molecule has 2 aromatic heterocycles. The van der Waals surface area contributed by atoms with Crippen LogP contribution in [0.2, 0.25) is 5.02 Å². The fraction of sp³-hybridized carbons (Fsp3) is 0.207. The van der Waals surface area contributed by atoms with Crippen LogP contribution in [0, 0.1) is 6.92 Å². The average molecular weight is 628 g/mol. The first-order valence-corrected chi connectivity index (χ1v) is 14.1. The molecule has 3 heterocycles. The molecular weight excluding hydrogens is 604 g/mol. The van der Waals surface area contributed by atoms with Gasteiger partial charge in [-0.25, -0.2) is 9.79 Å². The number of aryl methyl sites for hydroxylation is 1. The van der Waals surface area contributed by atoms with Gasteiger partial charge in [-0.2, -0.15) is 0 Å². The van der Waals surface area contributed by atoms with Crippen LogP contribution in [0.1, 0.15) is 36.8 Å². The standard InChI is InChI=1S/C29H24BrClN2O5S/c1-5-37-28(35)25-16(3)32-29-33(26(25)17-7-10-23(36-4)21(30)12-17)27(34)24(39-29)14-19-9-11-22(38-19)20-13-18(31)8-6-15(20)2/h6-14,26H,5H2,1-4H3/b24-14+/t26-/m0/s1. The van der Waals surface area contributed by atoms with Crippen molar-refractivity contribution in [2.75, 3.05) is 13.7 Å². The molecule has 0 radical (unpaired) electrons. The van der Waals surface area contributed by atoms with Gasteiger partial charge in [0.25, 0.3) is 5.56 Å². The number of carbonyl (C=O) groups is 1. The molecule has 2 aromatic carbocycles. The fourth-order valence-corrected chi connectivity index (χ4v) is 6.28. The second-order valence-corrected chi connectivity index (χ2v) is 11.2. The monoisotopic (exact) mass is 626 g/mol. The van der Waals surface area contributed by atoms with Crippen LogP contribution in [0.25, 0.3) is 17.4 Å². The summed E-state index contributed by atoms with van der Waals surface area (Å²) in [6.07, 6.45) is 1.69. The number of rotatable bonds is 6. The lowest BCUT2D eigenvalue weighted by Crippen LogP contribution is -2.39. The van der Waals surface area contributed by atoms with Gasteiger partial charge in [-0.3, -0.25) is 9.36 Å². The van der Waals surface area contributed by atoms with E-state index < -0.39 is 12.0 Å². The lowest BCUT2D eigenvalue weighted by molar-refractivity contribution is -0.139. The molecule has 0 saturated heterocycles. The van der Waals surface area contributed by atoms with Crippen molar-refractivity contribution < 1.29 is 18.7 Å². The summed E-state index contributed by atoms with van der Waals surface area (Å²) in [5.41, 5.74) is 3.13. The summed E-state index contributed by atoms with van der Waals surface area (Å²) in [5, 5.41) is 0.611. The zero-order chi connectivity index (χ0) is 27.8. The lowest BCUT2D eigenvalue weighted by atomic mass is 9.96. The zero-order valence-corrected chi connectivity index (χ0v) is 24.7. The number of methoxy groups -OCH3 is 1. The van der Waals surface area contributed by atoms with Crippen LogP contribution in [-0.4, -0.2) is 24.3 Å². The molecule has 5 rings (SSSR count). The van der Waals surface area contributed by atoms with E-state index >= 15 is 0 Å². The molecule has 7 nitrogen and oxygen atoms in total. The average Bonchev–Trinajstić information content (AvgIpc) is 3.49. The van der Waals surface area contributed by atoms with E-state index in [2.05, 4.69) is 20.9 Å². The van der Waals surface area contributed by atoms with Gasteiger partial charge >= 0.3 is 5.97 Å². The molecule has 200 valence electrons. The molecule has 0 spiro atoms. The quantitative estimate of drug-likeness (QED) is 0.253. The lowest BCUT2D eigenvalue weighted by Gasteiger charge is -2.25. The minimum Gasteiger partial charge on any atom is -0.496 e. The molecule has 0 aliphatic carbocycles. The number of esters is 1. The van der Waals surface area contributed by atoms with Crippen molar-refractivity contribution in [2.24, 2.45) is 4.99 Å². The fourth-order valence-electron chi connectivity index (χ4n) is 4.52. The molecule has 0 N–H and O–H groups in total. The molecule has 0 saturated carbocycles. The van der Waals surface area contributed by atoms with E-state index in [4.69, 9.17) is 25.5 Å². The van der Waals surface area contributed by atoms with Crippen LogP contribution in [0.3, 0.4) is 0 Å². The van der Waals surface area contributed by atoms with Gasteiger partial charge in [0, 0.05) is 16.7 Å². The summed E-state index contributed by atoms with van der Waals surface area (Å²) in [7, 11) is 1.57. The number of fused-ring (bicyclic) bond motifs is 1. The first kappa shape index (κ1) is 27.2.